The van der Waals surface area contributed by atoms with Gasteiger partial charge < -0.3 is 4.52 Å². The van der Waals surface area contributed by atoms with E-state index in [9.17, 15) is 4.57 Å². The van der Waals surface area contributed by atoms with Crippen LogP contribution in [0.4, 0.5) is 0 Å². The van der Waals surface area contributed by atoms with Crippen molar-refractivity contribution in [3.63, 3.8) is 0 Å². The molecule has 1 unspecified atom stereocenters. The summed E-state index contributed by atoms with van der Waals surface area (Å²) in [7, 11) is -4.50. The lowest BCUT2D eigenvalue weighted by Gasteiger charge is -2.19. The molecule has 0 heterocycles. The summed E-state index contributed by atoms with van der Waals surface area (Å²) in [5, 5.41) is 0. The molecular formula is C14H23O4P. The van der Waals surface area contributed by atoms with Crippen LogP contribution >= 0.6 is 7.82 Å². The number of benzene rings is 1. The van der Waals surface area contributed by atoms with Crippen molar-refractivity contribution in [1.82, 2.24) is 0 Å². The lowest BCUT2D eigenvalue weighted by molar-refractivity contribution is 0.281. The average Bonchev–Trinajstić information content (AvgIpc) is 2.34. The monoisotopic (exact) mass is 286 g/mol. The molecule has 5 heteroatoms. The number of hydrogen-bond acceptors (Lipinski definition) is 2. The van der Waals surface area contributed by atoms with Gasteiger partial charge in [-0.25, -0.2) is 4.57 Å². The first-order valence-corrected chi connectivity index (χ1v) is 8.35. The van der Waals surface area contributed by atoms with E-state index in [2.05, 4.69) is 13.8 Å². The van der Waals surface area contributed by atoms with Gasteiger partial charge in [-0.1, -0.05) is 51.3 Å². The van der Waals surface area contributed by atoms with Gasteiger partial charge in [-0.3, -0.25) is 9.79 Å². The van der Waals surface area contributed by atoms with E-state index in [1.165, 1.54) is 6.42 Å². The summed E-state index contributed by atoms with van der Waals surface area (Å²) in [5.74, 6) is 0.591. The first-order chi connectivity index (χ1) is 8.98. The second kappa shape index (κ2) is 7.68. The first kappa shape index (κ1) is 16.2. The summed E-state index contributed by atoms with van der Waals surface area (Å²) in [5.41, 5.74) is 0.893. The molecule has 1 rings (SSSR count). The van der Waals surface area contributed by atoms with Gasteiger partial charge in [-0.15, -0.1) is 0 Å². The van der Waals surface area contributed by atoms with Crippen molar-refractivity contribution in [1.29, 1.82) is 0 Å². The maximum absolute atomic E-state index is 11.0. The van der Waals surface area contributed by atoms with E-state index in [0.29, 0.717) is 5.75 Å². The summed E-state index contributed by atoms with van der Waals surface area (Å²) in [6.07, 6.45) is 5.42. The molecule has 0 radical (unpaired) electrons. The highest BCUT2D eigenvalue weighted by Gasteiger charge is 2.21. The maximum Gasteiger partial charge on any atom is 0.524 e. The third kappa shape index (κ3) is 5.77. The largest absolute Gasteiger partial charge is 0.524 e. The highest BCUT2D eigenvalue weighted by Crippen LogP contribution is 2.42. The molecule has 0 spiro atoms. The molecule has 19 heavy (non-hydrogen) atoms. The third-order valence-corrected chi connectivity index (χ3v) is 3.66. The highest BCUT2D eigenvalue weighted by molar-refractivity contribution is 7.46. The van der Waals surface area contributed by atoms with Gasteiger partial charge >= 0.3 is 7.82 Å². The second-order valence-electron chi connectivity index (χ2n) is 4.72. The number of unbranched alkanes of at least 4 members (excludes halogenated alkanes) is 2. The number of phosphoric ester groups is 1. The molecule has 0 bridgehead atoms. The molecule has 0 aromatic heterocycles. The molecule has 0 saturated carbocycles. The van der Waals surface area contributed by atoms with Crippen LogP contribution in [0.25, 0.3) is 0 Å². The minimum Gasteiger partial charge on any atom is -0.404 e. The maximum atomic E-state index is 11.0. The molecule has 0 amide bonds. The molecule has 0 aliphatic rings. The Morgan fingerprint density at radius 1 is 1.21 bits per heavy atom. The van der Waals surface area contributed by atoms with Crippen molar-refractivity contribution in [2.24, 2.45) is 0 Å². The highest BCUT2D eigenvalue weighted by atomic mass is 31.2. The Kier molecular flexibility index (Phi) is 6.56. The van der Waals surface area contributed by atoms with Crippen LogP contribution in [-0.2, 0) is 4.57 Å². The fourth-order valence-corrected chi connectivity index (χ4v) is 2.67. The van der Waals surface area contributed by atoms with E-state index in [4.69, 9.17) is 14.3 Å². The standard InChI is InChI=1S/C14H23O4P/c1-3-5-6-9-12(4-2)13-10-7-8-11-14(13)18-19(15,16)17/h7-8,10-12H,3-6,9H2,1-2H3,(H2,15,16,17). The van der Waals surface area contributed by atoms with Gasteiger partial charge in [0.25, 0.3) is 0 Å². The Hall–Kier alpha value is -0.830. The Morgan fingerprint density at radius 3 is 2.47 bits per heavy atom. The average molecular weight is 286 g/mol. The zero-order chi connectivity index (χ0) is 14.3. The quantitative estimate of drug-likeness (QED) is 0.554. The predicted molar refractivity (Wildman–Crippen MR) is 76.3 cm³/mol. The second-order valence-corrected chi connectivity index (χ2v) is 5.88. The van der Waals surface area contributed by atoms with Crippen molar-refractivity contribution in [3.05, 3.63) is 29.8 Å². The van der Waals surface area contributed by atoms with Crippen LogP contribution in [0, 0.1) is 0 Å². The molecule has 2 N–H and O–H groups in total. The minimum atomic E-state index is -4.50. The number of rotatable bonds is 8. The molecule has 1 aromatic rings. The van der Waals surface area contributed by atoms with E-state index in [-0.39, 0.29) is 5.92 Å². The van der Waals surface area contributed by atoms with Gasteiger partial charge in [0.05, 0.1) is 0 Å². The van der Waals surface area contributed by atoms with Crippen molar-refractivity contribution in [2.75, 3.05) is 0 Å². The molecule has 108 valence electrons. The molecule has 0 aliphatic heterocycles. The van der Waals surface area contributed by atoms with E-state index in [1.807, 2.05) is 12.1 Å². The van der Waals surface area contributed by atoms with Crippen molar-refractivity contribution in [3.8, 4) is 5.75 Å². The van der Waals surface area contributed by atoms with Crippen molar-refractivity contribution >= 4 is 7.82 Å². The van der Waals surface area contributed by atoms with E-state index in [1.54, 1.807) is 12.1 Å². The molecular weight excluding hydrogens is 263 g/mol. The number of phosphoric acid groups is 1. The Bertz CT molecular complexity index is 427. The summed E-state index contributed by atoms with van der Waals surface area (Å²) in [6, 6.07) is 7.12. The summed E-state index contributed by atoms with van der Waals surface area (Å²) >= 11 is 0. The smallest absolute Gasteiger partial charge is 0.404 e. The van der Waals surface area contributed by atoms with Gasteiger partial charge in [-0.2, -0.15) is 0 Å². The van der Waals surface area contributed by atoms with Gasteiger partial charge in [0.2, 0.25) is 0 Å². The van der Waals surface area contributed by atoms with Crippen LogP contribution in [0.1, 0.15) is 57.4 Å². The van der Waals surface area contributed by atoms with Gasteiger partial charge in [0.15, 0.2) is 0 Å². The Labute approximate surface area is 115 Å². The number of hydrogen-bond donors (Lipinski definition) is 2. The molecule has 4 nitrogen and oxygen atoms in total. The normalized spacial score (nSPS) is 13.3. The Balaban J connectivity index is 2.87. The molecule has 0 saturated heterocycles. The minimum absolute atomic E-state index is 0.286. The van der Waals surface area contributed by atoms with Gasteiger partial charge in [-0.05, 0) is 30.4 Å². The fraction of sp³-hybridized carbons (Fsp3) is 0.571. The van der Waals surface area contributed by atoms with E-state index >= 15 is 0 Å². The molecule has 0 aliphatic carbocycles. The topological polar surface area (TPSA) is 66.8 Å². The van der Waals surface area contributed by atoms with Gasteiger partial charge in [0, 0.05) is 0 Å². The van der Waals surface area contributed by atoms with Crippen molar-refractivity contribution < 1.29 is 18.9 Å². The van der Waals surface area contributed by atoms with Crippen LogP contribution in [-0.4, -0.2) is 9.79 Å². The van der Waals surface area contributed by atoms with Gasteiger partial charge in [0.1, 0.15) is 5.75 Å². The van der Waals surface area contributed by atoms with Crippen LogP contribution < -0.4 is 4.52 Å². The fourth-order valence-electron chi connectivity index (χ4n) is 2.25. The predicted octanol–water partition coefficient (Wildman–Crippen LogP) is 4.23. The number of para-hydroxylation sites is 1. The zero-order valence-corrected chi connectivity index (χ0v) is 12.5. The third-order valence-electron chi connectivity index (χ3n) is 3.23. The molecule has 1 atom stereocenters. The summed E-state index contributed by atoms with van der Waals surface area (Å²) < 4.78 is 15.8. The zero-order valence-electron chi connectivity index (χ0n) is 11.6. The summed E-state index contributed by atoms with van der Waals surface area (Å²) in [4.78, 5) is 17.9. The Morgan fingerprint density at radius 2 is 1.89 bits per heavy atom. The van der Waals surface area contributed by atoms with Crippen molar-refractivity contribution in [2.45, 2.75) is 51.9 Å². The molecule has 1 aromatic carbocycles. The lowest BCUT2D eigenvalue weighted by Crippen LogP contribution is -2.02. The van der Waals surface area contributed by atoms with Crippen LogP contribution in [0.15, 0.2) is 24.3 Å². The molecule has 0 fully saturated rings. The van der Waals surface area contributed by atoms with Crippen LogP contribution in [0.2, 0.25) is 0 Å². The van der Waals surface area contributed by atoms with E-state index in [0.717, 1.165) is 31.2 Å². The van der Waals surface area contributed by atoms with E-state index < -0.39 is 7.82 Å². The summed E-state index contributed by atoms with van der Waals surface area (Å²) in [6.45, 7) is 4.25. The van der Waals surface area contributed by atoms with Crippen LogP contribution in [0.5, 0.6) is 5.75 Å². The lowest BCUT2D eigenvalue weighted by atomic mass is 9.90. The SMILES string of the molecule is CCCCCC(CC)c1ccccc1OP(=O)(O)O. The first-order valence-electron chi connectivity index (χ1n) is 6.82. The van der Waals surface area contributed by atoms with Crippen LogP contribution in [0.3, 0.4) is 0 Å².